The molecule has 76 valence electrons. The van der Waals surface area contributed by atoms with E-state index in [0.29, 0.717) is 6.61 Å². The van der Waals surface area contributed by atoms with Crippen molar-refractivity contribution in [2.45, 2.75) is 20.0 Å². The lowest BCUT2D eigenvalue weighted by Gasteiger charge is -2.02. The van der Waals surface area contributed by atoms with E-state index in [0.717, 1.165) is 17.7 Å². The number of benzene rings is 1. The number of ether oxygens (including phenoxy) is 2. The summed E-state index contributed by atoms with van der Waals surface area (Å²) >= 11 is 0. The van der Waals surface area contributed by atoms with Crippen LogP contribution in [-0.4, -0.2) is 7.11 Å². The maximum absolute atomic E-state index is 5.31. The van der Waals surface area contributed by atoms with Gasteiger partial charge >= 0.3 is 0 Å². The van der Waals surface area contributed by atoms with Gasteiger partial charge < -0.3 is 9.47 Å². The zero-order chi connectivity index (χ0) is 10.2. The third kappa shape index (κ3) is 3.52. The van der Waals surface area contributed by atoms with E-state index in [1.54, 1.807) is 13.4 Å². The molecule has 0 atom stereocenters. The van der Waals surface area contributed by atoms with Gasteiger partial charge in [-0.15, -0.1) is 0 Å². The summed E-state index contributed by atoms with van der Waals surface area (Å²) in [7, 11) is 1.66. The Labute approximate surface area is 85.2 Å². The maximum atomic E-state index is 5.31. The summed E-state index contributed by atoms with van der Waals surface area (Å²) < 4.78 is 10.4. The molecule has 1 aromatic rings. The third-order valence-electron chi connectivity index (χ3n) is 1.84. The highest BCUT2D eigenvalue weighted by atomic mass is 16.5. The lowest BCUT2D eigenvalue weighted by Crippen LogP contribution is -1.87. The minimum atomic E-state index is 0.612. The Morgan fingerprint density at radius 3 is 2.50 bits per heavy atom. The largest absolute Gasteiger partial charge is 0.497 e. The van der Waals surface area contributed by atoms with Crippen LogP contribution in [0, 0.1) is 0 Å². The molecule has 0 aliphatic carbocycles. The number of hydrogen-bond donors (Lipinski definition) is 0. The van der Waals surface area contributed by atoms with Crippen molar-refractivity contribution in [3.63, 3.8) is 0 Å². The fourth-order valence-corrected chi connectivity index (χ4v) is 1.03. The predicted octanol–water partition coefficient (Wildman–Crippen LogP) is 3.14. The van der Waals surface area contributed by atoms with E-state index in [1.165, 1.54) is 0 Å². The van der Waals surface area contributed by atoms with Crippen LogP contribution in [0.4, 0.5) is 0 Å². The van der Waals surface area contributed by atoms with E-state index < -0.39 is 0 Å². The molecule has 0 radical (unpaired) electrons. The second-order valence-corrected chi connectivity index (χ2v) is 2.94. The summed E-state index contributed by atoms with van der Waals surface area (Å²) in [6.45, 7) is 2.69. The van der Waals surface area contributed by atoms with Gasteiger partial charge in [-0.3, -0.25) is 0 Å². The molecular formula is C12H16O2. The molecule has 0 aliphatic heterocycles. The lowest BCUT2D eigenvalue weighted by molar-refractivity contribution is 0.235. The van der Waals surface area contributed by atoms with Gasteiger partial charge in [0.1, 0.15) is 12.4 Å². The first-order valence-electron chi connectivity index (χ1n) is 4.76. The van der Waals surface area contributed by atoms with E-state index in [-0.39, 0.29) is 0 Å². The van der Waals surface area contributed by atoms with Gasteiger partial charge in [0, 0.05) is 0 Å². The van der Waals surface area contributed by atoms with Crippen molar-refractivity contribution in [1.29, 1.82) is 0 Å². The molecule has 1 aromatic carbocycles. The molecule has 2 nitrogen and oxygen atoms in total. The molecule has 2 heteroatoms. The van der Waals surface area contributed by atoms with Gasteiger partial charge in [0.05, 0.1) is 13.4 Å². The molecule has 0 bridgehead atoms. The Bertz CT molecular complexity index is 275. The number of allylic oxidation sites excluding steroid dienone is 1. The van der Waals surface area contributed by atoms with E-state index in [2.05, 4.69) is 6.92 Å². The number of hydrogen-bond acceptors (Lipinski definition) is 2. The van der Waals surface area contributed by atoms with Crippen molar-refractivity contribution < 1.29 is 9.47 Å². The van der Waals surface area contributed by atoms with Crippen molar-refractivity contribution in [1.82, 2.24) is 0 Å². The van der Waals surface area contributed by atoms with Crippen LogP contribution in [-0.2, 0) is 11.3 Å². The summed E-state index contributed by atoms with van der Waals surface area (Å²) in [5, 5.41) is 0. The zero-order valence-electron chi connectivity index (χ0n) is 8.69. The second kappa shape index (κ2) is 6.08. The molecule has 0 fully saturated rings. The van der Waals surface area contributed by atoms with E-state index in [9.17, 15) is 0 Å². The summed E-state index contributed by atoms with van der Waals surface area (Å²) in [5.74, 6) is 0.873. The molecule has 0 amide bonds. The summed E-state index contributed by atoms with van der Waals surface area (Å²) in [5.41, 5.74) is 1.14. The molecule has 0 unspecified atom stereocenters. The van der Waals surface area contributed by atoms with Gasteiger partial charge in [-0.05, 0) is 24.1 Å². The Balaban J connectivity index is 2.40. The molecule has 0 aromatic heterocycles. The SMILES string of the molecule is CC/C=C/OCc1ccc(OC)cc1. The van der Waals surface area contributed by atoms with Gasteiger partial charge in [0.15, 0.2) is 0 Å². The fraction of sp³-hybridized carbons (Fsp3) is 0.333. The van der Waals surface area contributed by atoms with Crippen LogP contribution in [0.25, 0.3) is 0 Å². The molecule has 0 spiro atoms. The number of rotatable bonds is 5. The smallest absolute Gasteiger partial charge is 0.118 e. The van der Waals surface area contributed by atoms with Crippen LogP contribution in [0.5, 0.6) is 5.75 Å². The molecule has 0 heterocycles. The molecule has 0 saturated carbocycles. The van der Waals surface area contributed by atoms with E-state index in [4.69, 9.17) is 9.47 Å². The van der Waals surface area contributed by atoms with Gasteiger partial charge in [0.25, 0.3) is 0 Å². The average molecular weight is 192 g/mol. The van der Waals surface area contributed by atoms with Crippen LogP contribution in [0.15, 0.2) is 36.6 Å². The van der Waals surface area contributed by atoms with Gasteiger partial charge in [-0.2, -0.15) is 0 Å². The molecule has 0 aliphatic rings. The monoisotopic (exact) mass is 192 g/mol. The third-order valence-corrected chi connectivity index (χ3v) is 1.84. The van der Waals surface area contributed by atoms with Crippen LogP contribution < -0.4 is 4.74 Å². The van der Waals surface area contributed by atoms with E-state index >= 15 is 0 Å². The average Bonchev–Trinajstić information content (AvgIpc) is 2.25. The number of methoxy groups -OCH3 is 1. The summed E-state index contributed by atoms with van der Waals surface area (Å²) in [6.07, 6.45) is 4.73. The van der Waals surface area contributed by atoms with Crippen molar-refractivity contribution >= 4 is 0 Å². The van der Waals surface area contributed by atoms with Gasteiger partial charge in [0.2, 0.25) is 0 Å². The Hall–Kier alpha value is -1.44. The Kier molecular flexibility index (Phi) is 4.62. The first kappa shape index (κ1) is 10.6. The second-order valence-electron chi connectivity index (χ2n) is 2.94. The molecular weight excluding hydrogens is 176 g/mol. The minimum absolute atomic E-state index is 0.612. The molecule has 0 N–H and O–H groups in total. The molecule has 1 rings (SSSR count). The highest BCUT2D eigenvalue weighted by molar-refractivity contribution is 5.26. The van der Waals surface area contributed by atoms with Gasteiger partial charge in [-0.1, -0.05) is 25.1 Å². The first-order valence-corrected chi connectivity index (χ1v) is 4.76. The van der Waals surface area contributed by atoms with Crippen LogP contribution >= 0.6 is 0 Å². The molecule has 0 saturated heterocycles. The van der Waals surface area contributed by atoms with Crippen LogP contribution in [0.3, 0.4) is 0 Å². The van der Waals surface area contributed by atoms with Crippen molar-refractivity contribution in [3.8, 4) is 5.75 Å². The Morgan fingerprint density at radius 1 is 1.21 bits per heavy atom. The topological polar surface area (TPSA) is 18.5 Å². The highest BCUT2D eigenvalue weighted by Crippen LogP contribution is 2.11. The quantitative estimate of drug-likeness (QED) is 0.667. The van der Waals surface area contributed by atoms with Crippen molar-refractivity contribution in [2.75, 3.05) is 7.11 Å². The van der Waals surface area contributed by atoms with Gasteiger partial charge in [-0.25, -0.2) is 0 Å². The van der Waals surface area contributed by atoms with Crippen molar-refractivity contribution in [3.05, 3.63) is 42.2 Å². The lowest BCUT2D eigenvalue weighted by atomic mass is 10.2. The zero-order valence-corrected chi connectivity index (χ0v) is 8.69. The van der Waals surface area contributed by atoms with Crippen LogP contribution in [0.1, 0.15) is 18.9 Å². The summed E-state index contributed by atoms with van der Waals surface area (Å²) in [6, 6.07) is 7.86. The Morgan fingerprint density at radius 2 is 1.93 bits per heavy atom. The minimum Gasteiger partial charge on any atom is -0.497 e. The maximum Gasteiger partial charge on any atom is 0.118 e. The molecule has 14 heavy (non-hydrogen) atoms. The highest BCUT2D eigenvalue weighted by Gasteiger charge is 1.92. The fourth-order valence-electron chi connectivity index (χ4n) is 1.03. The van der Waals surface area contributed by atoms with Crippen molar-refractivity contribution in [2.24, 2.45) is 0 Å². The predicted molar refractivity (Wildman–Crippen MR) is 57.2 cm³/mol. The van der Waals surface area contributed by atoms with E-state index in [1.807, 2.05) is 30.3 Å². The normalized spacial score (nSPS) is 10.4. The van der Waals surface area contributed by atoms with Crippen LogP contribution in [0.2, 0.25) is 0 Å². The standard InChI is InChI=1S/C12H16O2/c1-3-4-9-14-10-11-5-7-12(13-2)8-6-11/h4-9H,3,10H2,1-2H3/b9-4+. The first-order chi connectivity index (χ1) is 6.86. The summed E-state index contributed by atoms with van der Waals surface area (Å²) in [4.78, 5) is 0.